The highest BCUT2D eigenvalue weighted by Crippen LogP contribution is 2.48. The highest BCUT2D eigenvalue weighted by atomic mass is 16.7. The van der Waals surface area contributed by atoms with Gasteiger partial charge in [0, 0.05) is 31.8 Å². The molecule has 2 heterocycles. The number of fused-ring (bicyclic) bond motifs is 2. The van der Waals surface area contributed by atoms with E-state index in [2.05, 4.69) is 5.32 Å². The van der Waals surface area contributed by atoms with Crippen LogP contribution in [0.25, 0.3) is 0 Å². The molecular weight excluding hydrogens is 394 g/mol. The normalized spacial score (nSPS) is 16.0. The zero-order valence-electron chi connectivity index (χ0n) is 16.3. The molecule has 30 heavy (non-hydrogen) atoms. The SMILES string of the molecule is COC(=O)c1cc(NC=C2C(=O)OC(C)(C)OC2=O)cc2c1Oc1ccccc1O2. The van der Waals surface area contributed by atoms with E-state index in [4.69, 9.17) is 23.7 Å². The number of ether oxygens (including phenoxy) is 5. The summed E-state index contributed by atoms with van der Waals surface area (Å²) in [6.45, 7) is 2.91. The molecule has 2 aromatic rings. The molecule has 0 bridgehead atoms. The van der Waals surface area contributed by atoms with Crippen LogP contribution in [0.1, 0.15) is 24.2 Å². The molecule has 1 saturated heterocycles. The van der Waals surface area contributed by atoms with Gasteiger partial charge in [-0.05, 0) is 18.2 Å². The topological polar surface area (TPSA) is 109 Å². The van der Waals surface area contributed by atoms with Crippen molar-refractivity contribution < 1.29 is 38.1 Å². The standard InChI is InChI=1S/C21H17NO8/c1-21(2)29-19(24)13(20(25)30-21)10-22-11-8-12(18(23)26-3)17-16(9-11)27-14-6-4-5-7-15(14)28-17/h4-10,22H,1-3H3. The summed E-state index contributed by atoms with van der Waals surface area (Å²) in [7, 11) is 1.24. The van der Waals surface area contributed by atoms with E-state index in [0.29, 0.717) is 17.2 Å². The third-order valence-corrected chi connectivity index (χ3v) is 4.24. The number of carbonyl (C=O) groups is 3. The Kier molecular flexibility index (Phi) is 4.57. The Morgan fingerprint density at radius 2 is 1.63 bits per heavy atom. The van der Waals surface area contributed by atoms with Crippen molar-refractivity contribution in [3.63, 3.8) is 0 Å². The second-order valence-corrected chi connectivity index (χ2v) is 6.87. The Balaban J connectivity index is 1.68. The minimum atomic E-state index is -1.34. The predicted molar refractivity (Wildman–Crippen MR) is 102 cm³/mol. The van der Waals surface area contributed by atoms with Crippen LogP contribution in [0.4, 0.5) is 5.69 Å². The number of esters is 3. The van der Waals surface area contributed by atoms with Crippen molar-refractivity contribution >= 4 is 23.6 Å². The van der Waals surface area contributed by atoms with Gasteiger partial charge in [-0.1, -0.05) is 12.1 Å². The van der Waals surface area contributed by atoms with E-state index in [9.17, 15) is 14.4 Å². The quantitative estimate of drug-likeness (QED) is 0.393. The molecule has 9 heteroatoms. The van der Waals surface area contributed by atoms with E-state index in [0.717, 1.165) is 6.20 Å². The zero-order chi connectivity index (χ0) is 21.5. The molecule has 0 unspecified atom stereocenters. The fourth-order valence-corrected chi connectivity index (χ4v) is 2.91. The molecule has 0 atom stereocenters. The van der Waals surface area contributed by atoms with E-state index in [1.54, 1.807) is 30.3 Å². The van der Waals surface area contributed by atoms with Crippen molar-refractivity contribution in [1.82, 2.24) is 0 Å². The maximum absolute atomic E-state index is 12.3. The Morgan fingerprint density at radius 3 is 2.27 bits per heavy atom. The van der Waals surface area contributed by atoms with Crippen LogP contribution in [0.2, 0.25) is 0 Å². The van der Waals surface area contributed by atoms with Gasteiger partial charge in [-0.2, -0.15) is 0 Å². The molecule has 0 spiro atoms. The lowest BCUT2D eigenvalue weighted by atomic mass is 10.1. The summed E-state index contributed by atoms with van der Waals surface area (Å²) < 4.78 is 26.6. The number of methoxy groups -OCH3 is 1. The van der Waals surface area contributed by atoms with Crippen molar-refractivity contribution in [2.45, 2.75) is 19.6 Å². The van der Waals surface area contributed by atoms with Gasteiger partial charge >= 0.3 is 17.9 Å². The Hall–Kier alpha value is -4.01. The summed E-state index contributed by atoms with van der Waals surface area (Å²) in [6, 6.07) is 9.98. The number of anilines is 1. The molecule has 0 saturated carbocycles. The number of cyclic esters (lactones) is 2. The van der Waals surface area contributed by atoms with Gasteiger partial charge in [0.2, 0.25) is 0 Å². The Labute approximate surface area is 171 Å². The minimum Gasteiger partial charge on any atom is -0.465 e. The summed E-state index contributed by atoms with van der Waals surface area (Å²) in [5, 5.41) is 2.79. The summed E-state index contributed by atoms with van der Waals surface area (Å²) in [6.07, 6.45) is 1.14. The fraction of sp³-hybridized carbons (Fsp3) is 0.190. The monoisotopic (exact) mass is 411 g/mol. The zero-order valence-corrected chi connectivity index (χ0v) is 16.3. The molecule has 0 aliphatic carbocycles. The minimum absolute atomic E-state index is 0.0975. The van der Waals surface area contributed by atoms with Crippen LogP contribution < -0.4 is 14.8 Å². The molecule has 4 rings (SSSR count). The van der Waals surface area contributed by atoms with E-state index in [1.165, 1.54) is 27.0 Å². The van der Waals surface area contributed by atoms with E-state index >= 15 is 0 Å². The van der Waals surface area contributed by atoms with Gasteiger partial charge in [-0.15, -0.1) is 0 Å². The first-order valence-electron chi connectivity index (χ1n) is 8.92. The van der Waals surface area contributed by atoms with Crippen molar-refractivity contribution in [2.24, 2.45) is 0 Å². The number of hydrogen-bond acceptors (Lipinski definition) is 9. The molecule has 0 aromatic heterocycles. The first kappa shape index (κ1) is 19.3. The number of para-hydroxylation sites is 2. The molecule has 0 radical (unpaired) electrons. The molecule has 1 N–H and O–H groups in total. The van der Waals surface area contributed by atoms with Crippen LogP contribution >= 0.6 is 0 Å². The molecule has 154 valence electrons. The van der Waals surface area contributed by atoms with Crippen molar-refractivity contribution in [1.29, 1.82) is 0 Å². The number of nitrogens with one attached hydrogen (secondary N) is 1. The molecular formula is C21H17NO8. The Morgan fingerprint density at radius 1 is 1.00 bits per heavy atom. The lowest BCUT2D eigenvalue weighted by Gasteiger charge is -2.29. The van der Waals surface area contributed by atoms with Gasteiger partial charge in [0.05, 0.1) is 7.11 Å². The highest BCUT2D eigenvalue weighted by Gasteiger charge is 2.39. The van der Waals surface area contributed by atoms with Gasteiger partial charge in [0.25, 0.3) is 5.79 Å². The van der Waals surface area contributed by atoms with E-state index in [-0.39, 0.29) is 22.6 Å². The fourth-order valence-electron chi connectivity index (χ4n) is 2.91. The number of rotatable bonds is 3. The second kappa shape index (κ2) is 7.11. The Bertz CT molecular complexity index is 1080. The van der Waals surface area contributed by atoms with Crippen molar-refractivity contribution in [2.75, 3.05) is 12.4 Å². The van der Waals surface area contributed by atoms with Crippen LogP contribution in [0.15, 0.2) is 48.2 Å². The number of carbonyl (C=O) groups excluding carboxylic acids is 3. The number of benzene rings is 2. The first-order valence-corrected chi connectivity index (χ1v) is 8.92. The van der Waals surface area contributed by atoms with Gasteiger partial charge in [-0.3, -0.25) is 0 Å². The third-order valence-electron chi connectivity index (χ3n) is 4.24. The van der Waals surface area contributed by atoms with Gasteiger partial charge < -0.3 is 29.0 Å². The lowest BCUT2D eigenvalue weighted by Crippen LogP contribution is -2.42. The largest absolute Gasteiger partial charge is 0.465 e. The van der Waals surface area contributed by atoms with Gasteiger partial charge in [0.1, 0.15) is 5.56 Å². The molecule has 0 amide bonds. The maximum atomic E-state index is 12.3. The molecule has 9 nitrogen and oxygen atoms in total. The average molecular weight is 411 g/mol. The average Bonchev–Trinajstić information content (AvgIpc) is 2.69. The first-order chi connectivity index (χ1) is 14.3. The third kappa shape index (κ3) is 3.52. The van der Waals surface area contributed by atoms with Crippen molar-refractivity contribution in [3.8, 4) is 23.0 Å². The summed E-state index contributed by atoms with van der Waals surface area (Å²) in [5.41, 5.74) is 0.115. The van der Waals surface area contributed by atoms with Gasteiger partial charge in [-0.25, -0.2) is 14.4 Å². The maximum Gasteiger partial charge on any atom is 0.350 e. The van der Waals surface area contributed by atoms with Crippen LogP contribution in [-0.4, -0.2) is 30.8 Å². The van der Waals surface area contributed by atoms with Crippen LogP contribution in [0.5, 0.6) is 23.0 Å². The summed E-state index contributed by atoms with van der Waals surface area (Å²) >= 11 is 0. The van der Waals surface area contributed by atoms with Crippen molar-refractivity contribution in [3.05, 3.63) is 53.7 Å². The predicted octanol–water partition coefficient (Wildman–Crippen LogP) is 3.50. The van der Waals surface area contributed by atoms with E-state index in [1.807, 2.05) is 0 Å². The highest BCUT2D eigenvalue weighted by molar-refractivity contribution is 6.15. The van der Waals surface area contributed by atoms with Gasteiger partial charge in [0.15, 0.2) is 28.6 Å². The lowest BCUT2D eigenvalue weighted by molar-refractivity contribution is -0.222. The molecule has 2 aliphatic heterocycles. The molecule has 1 fully saturated rings. The summed E-state index contributed by atoms with van der Waals surface area (Å²) in [5.74, 6) is -2.28. The van der Waals surface area contributed by atoms with Crippen LogP contribution in [-0.2, 0) is 23.8 Å². The van der Waals surface area contributed by atoms with Crippen LogP contribution in [0.3, 0.4) is 0 Å². The van der Waals surface area contributed by atoms with Crippen LogP contribution in [0, 0.1) is 0 Å². The van der Waals surface area contributed by atoms with E-state index < -0.39 is 23.7 Å². The second-order valence-electron chi connectivity index (χ2n) is 6.87. The summed E-state index contributed by atoms with van der Waals surface area (Å²) in [4.78, 5) is 36.4. The molecule has 2 aliphatic rings. The number of hydrogen-bond donors (Lipinski definition) is 1. The molecule has 2 aromatic carbocycles. The smallest absolute Gasteiger partial charge is 0.350 e.